The first-order valence-corrected chi connectivity index (χ1v) is 7.84. The van der Waals surface area contributed by atoms with Crippen LogP contribution in [0.4, 0.5) is 5.69 Å². The molecule has 0 heterocycles. The van der Waals surface area contributed by atoms with E-state index in [0.29, 0.717) is 6.54 Å². The van der Waals surface area contributed by atoms with E-state index >= 15 is 0 Å². The number of unbranched alkanes of at least 4 members (excludes halogenated alkanes) is 1. The van der Waals surface area contributed by atoms with Gasteiger partial charge in [0.15, 0.2) is 0 Å². The Bertz CT molecular complexity index is 550. The third kappa shape index (κ3) is 4.33. The molecule has 1 aromatic rings. The SMILES string of the molecule is CCCCN(C)C(=O)C(C)(C)C(=O)Nc1cc(C)ccc1C. The van der Waals surface area contributed by atoms with Gasteiger partial charge in [-0.15, -0.1) is 0 Å². The Labute approximate surface area is 133 Å². The Hall–Kier alpha value is -1.84. The number of rotatable bonds is 6. The maximum Gasteiger partial charge on any atom is 0.239 e. The largest absolute Gasteiger partial charge is 0.345 e. The van der Waals surface area contributed by atoms with Gasteiger partial charge in [-0.05, 0) is 51.3 Å². The average molecular weight is 304 g/mol. The Morgan fingerprint density at radius 3 is 2.45 bits per heavy atom. The summed E-state index contributed by atoms with van der Waals surface area (Å²) in [5.41, 5.74) is 1.74. The van der Waals surface area contributed by atoms with Crippen LogP contribution in [0, 0.1) is 19.3 Å². The summed E-state index contributed by atoms with van der Waals surface area (Å²) in [5, 5.41) is 2.90. The van der Waals surface area contributed by atoms with Gasteiger partial charge in [-0.3, -0.25) is 9.59 Å². The first kappa shape index (κ1) is 18.2. The highest BCUT2D eigenvalue weighted by Crippen LogP contribution is 2.24. The van der Waals surface area contributed by atoms with Crippen LogP contribution < -0.4 is 5.32 Å². The fraction of sp³-hybridized carbons (Fsp3) is 0.556. The zero-order valence-corrected chi connectivity index (χ0v) is 14.6. The number of aryl methyl sites for hydroxylation is 2. The Morgan fingerprint density at radius 2 is 1.86 bits per heavy atom. The minimum Gasteiger partial charge on any atom is -0.345 e. The summed E-state index contributed by atoms with van der Waals surface area (Å²) in [6.45, 7) is 10.0. The molecule has 0 aliphatic heterocycles. The molecule has 1 rings (SSSR count). The topological polar surface area (TPSA) is 49.4 Å². The van der Waals surface area contributed by atoms with E-state index in [1.165, 1.54) is 0 Å². The molecule has 0 saturated heterocycles. The van der Waals surface area contributed by atoms with Gasteiger partial charge in [0.2, 0.25) is 11.8 Å². The first-order chi connectivity index (χ1) is 10.2. The summed E-state index contributed by atoms with van der Waals surface area (Å²) in [6.07, 6.45) is 1.96. The zero-order chi connectivity index (χ0) is 16.9. The van der Waals surface area contributed by atoms with Crippen LogP contribution in [0.2, 0.25) is 0 Å². The molecule has 4 heteroatoms. The molecule has 0 fully saturated rings. The average Bonchev–Trinajstić information content (AvgIpc) is 2.47. The number of hydrogen-bond acceptors (Lipinski definition) is 2. The highest BCUT2D eigenvalue weighted by molar-refractivity contribution is 6.10. The highest BCUT2D eigenvalue weighted by atomic mass is 16.2. The standard InChI is InChI=1S/C18H28N2O2/c1-7-8-11-20(6)17(22)18(4,5)16(21)19-15-12-13(2)9-10-14(15)3/h9-10,12H,7-8,11H2,1-6H3,(H,19,21). The van der Waals surface area contributed by atoms with Gasteiger partial charge in [0.05, 0.1) is 0 Å². The zero-order valence-electron chi connectivity index (χ0n) is 14.6. The first-order valence-electron chi connectivity index (χ1n) is 7.84. The number of hydrogen-bond donors (Lipinski definition) is 1. The van der Waals surface area contributed by atoms with Crippen molar-refractivity contribution in [3.63, 3.8) is 0 Å². The Balaban J connectivity index is 2.85. The predicted molar refractivity (Wildman–Crippen MR) is 90.9 cm³/mol. The minimum absolute atomic E-state index is 0.149. The van der Waals surface area contributed by atoms with E-state index < -0.39 is 5.41 Å². The molecule has 0 aliphatic carbocycles. The monoisotopic (exact) mass is 304 g/mol. The maximum absolute atomic E-state index is 12.6. The fourth-order valence-electron chi connectivity index (χ4n) is 2.22. The Kier molecular flexibility index (Phi) is 6.15. The van der Waals surface area contributed by atoms with Crippen molar-refractivity contribution in [2.45, 2.75) is 47.5 Å². The summed E-state index contributed by atoms with van der Waals surface area (Å²) in [7, 11) is 1.75. The number of anilines is 1. The smallest absolute Gasteiger partial charge is 0.239 e. The molecular weight excluding hydrogens is 276 g/mol. The van der Waals surface area contributed by atoms with E-state index in [0.717, 1.165) is 29.7 Å². The summed E-state index contributed by atoms with van der Waals surface area (Å²) >= 11 is 0. The van der Waals surface area contributed by atoms with E-state index in [1.807, 2.05) is 32.0 Å². The molecule has 1 N–H and O–H groups in total. The van der Waals surface area contributed by atoms with Gasteiger partial charge < -0.3 is 10.2 Å². The van der Waals surface area contributed by atoms with Crippen LogP contribution in [-0.4, -0.2) is 30.3 Å². The molecule has 0 bridgehead atoms. The normalized spacial score (nSPS) is 11.2. The molecule has 0 radical (unpaired) electrons. The second-order valence-electron chi connectivity index (χ2n) is 6.48. The van der Waals surface area contributed by atoms with Crippen molar-refractivity contribution in [3.05, 3.63) is 29.3 Å². The van der Waals surface area contributed by atoms with Crippen molar-refractivity contribution in [3.8, 4) is 0 Å². The molecule has 0 spiro atoms. The van der Waals surface area contributed by atoms with Crippen molar-refractivity contribution >= 4 is 17.5 Å². The van der Waals surface area contributed by atoms with E-state index in [-0.39, 0.29) is 11.8 Å². The van der Waals surface area contributed by atoms with Crippen LogP contribution in [0.25, 0.3) is 0 Å². The predicted octanol–water partition coefficient (Wildman–Crippen LogP) is 3.53. The molecule has 0 saturated carbocycles. The lowest BCUT2D eigenvalue weighted by molar-refractivity contribution is -0.145. The molecule has 22 heavy (non-hydrogen) atoms. The second-order valence-corrected chi connectivity index (χ2v) is 6.48. The van der Waals surface area contributed by atoms with E-state index in [2.05, 4.69) is 12.2 Å². The van der Waals surface area contributed by atoms with Crippen LogP contribution in [-0.2, 0) is 9.59 Å². The Morgan fingerprint density at radius 1 is 1.23 bits per heavy atom. The van der Waals surface area contributed by atoms with Crippen LogP contribution in [0.5, 0.6) is 0 Å². The maximum atomic E-state index is 12.6. The molecule has 0 aliphatic rings. The number of benzene rings is 1. The molecule has 0 atom stereocenters. The molecule has 1 aromatic carbocycles. The lowest BCUT2D eigenvalue weighted by Crippen LogP contribution is -2.46. The number of carbonyl (C=O) groups is 2. The van der Waals surface area contributed by atoms with Gasteiger partial charge in [-0.25, -0.2) is 0 Å². The summed E-state index contributed by atoms with van der Waals surface area (Å²) < 4.78 is 0. The number of nitrogens with zero attached hydrogens (tertiary/aromatic N) is 1. The minimum atomic E-state index is -1.08. The van der Waals surface area contributed by atoms with Gasteiger partial charge in [0.25, 0.3) is 0 Å². The van der Waals surface area contributed by atoms with Crippen molar-refractivity contribution in [2.24, 2.45) is 5.41 Å². The van der Waals surface area contributed by atoms with Gasteiger partial charge >= 0.3 is 0 Å². The van der Waals surface area contributed by atoms with E-state index in [9.17, 15) is 9.59 Å². The molecule has 0 aromatic heterocycles. The van der Waals surface area contributed by atoms with Crippen molar-refractivity contribution < 1.29 is 9.59 Å². The van der Waals surface area contributed by atoms with Crippen LogP contribution in [0.1, 0.15) is 44.7 Å². The summed E-state index contributed by atoms with van der Waals surface area (Å²) in [5.74, 6) is -0.418. The van der Waals surface area contributed by atoms with Crippen molar-refractivity contribution in [1.29, 1.82) is 0 Å². The van der Waals surface area contributed by atoms with Gasteiger partial charge in [-0.1, -0.05) is 25.5 Å². The van der Waals surface area contributed by atoms with E-state index in [1.54, 1.807) is 25.8 Å². The number of carbonyl (C=O) groups excluding carboxylic acids is 2. The quantitative estimate of drug-likeness (QED) is 0.817. The van der Waals surface area contributed by atoms with Crippen LogP contribution in [0.3, 0.4) is 0 Å². The molecule has 0 unspecified atom stereocenters. The van der Waals surface area contributed by atoms with Gasteiger partial charge in [0.1, 0.15) is 5.41 Å². The molecular formula is C18H28N2O2. The fourth-order valence-corrected chi connectivity index (χ4v) is 2.22. The lowest BCUT2D eigenvalue weighted by Gasteiger charge is -2.28. The third-order valence-corrected chi connectivity index (χ3v) is 3.94. The highest BCUT2D eigenvalue weighted by Gasteiger charge is 2.38. The molecule has 2 amide bonds. The summed E-state index contributed by atoms with van der Waals surface area (Å²) in [4.78, 5) is 26.7. The second kappa shape index (κ2) is 7.43. The summed E-state index contributed by atoms with van der Waals surface area (Å²) in [6, 6.07) is 5.89. The van der Waals surface area contributed by atoms with Crippen LogP contribution >= 0.6 is 0 Å². The van der Waals surface area contributed by atoms with Gasteiger partial charge in [-0.2, -0.15) is 0 Å². The van der Waals surface area contributed by atoms with Crippen molar-refractivity contribution in [2.75, 3.05) is 18.9 Å². The third-order valence-electron chi connectivity index (χ3n) is 3.94. The van der Waals surface area contributed by atoms with Crippen LogP contribution in [0.15, 0.2) is 18.2 Å². The van der Waals surface area contributed by atoms with Gasteiger partial charge in [0, 0.05) is 19.3 Å². The number of amides is 2. The van der Waals surface area contributed by atoms with E-state index in [4.69, 9.17) is 0 Å². The number of nitrogens with one attached hydrogen (secondary N) is 1. The molecule has 122 valence electrons. The molecule has 4 nitrogen and oxygen atoms in total. The van der Waals surface area contributed by atoms with Crippen molar-refractivity contribution in [1.82, 2.24) is 4.90 Å². The lowest BCUT2D eigenvalue weighted by atomic mass is 9.90.